The van der Waals surface area contributed by atoms with Crippen molar-refractivity contribution < 1.29 is 19.1 Å². The van der Waals surface area contributed by atoms with Crippen molar-refractivity contribution in [1.82, 2.24) is 0 Å². The van der Waals surface area contributed by atoms with E-state index in [2.05, 4.69) is 19.5 Å². The summed E-state index contributed by atoms with van der Waals surface area (Å²) in [4.78, 5) is 26.3. The number of esters is 2. The molecule has 0 radical (unpaired) electrons. The van der Waals surface area contributed by atoms with Crippen LogP contribution in [-0.4, -0.2) is 31.7 Å². The largest absolute Gasteiger partial charge is 0.466 e. The molecule has 0 N–H and O–H groups in total. The quantitative estimate of drug-likeness (QED) is 0.247. The summed E-state index contributed by atoms with van der Waals surface area (Å²) < 4.78 is 9.32. The molecule has 0 spiro atoms. The van der Waals surface area contributed by atoms with Crippen LogP contribution >= 0.6 is 0 Å². The van der Waals surface area contributed by atoms with Gasteiger partial charge in [-0.1, -0.05) is 17.3 Å². The van der Waals surface area contributed by atoms with E-state index in [1.165, 1.54) is 14.2 Å². The molecule has 7 heteroatoms. The van der Waals surface area contributed by atoms with Gasteiger partial charge in [0.15, 0.2) is 0 Å². The molecule has 2 aliphatic rings. The number of methoxy groups -OCH3 is 2. The van der Waals surface area contributed by atoms with Crippen molar-refractivity contribution in [3.63, 3.8) is 0 Å². The second-order valence-corrected chi connectivity index (χ2v) is 4.06. The van der Waals surface area contributed by atoms with E-state index >= 15 is 0 Å². The predicted molar refractivity (Wildman–Crippen MR) is 60.2 cm³/mol. The summed E-state index contributed by atoms with van der Waals surface area (Å²) in [5.41, 5.74) is 7.82. The molecule has 94 valence electrons. The van der Waals surface area contributed by atoms with Crippen LogP contribution in [0, 0.1) is 5.92 Å². The number of carbonyl (C=O) groups excluding carboxylic acids is 2. The Morgan fingerprint density at radius 2 is 2.11 bits per heavy atom. The first-order chi connectivity index (χ1) is 8.59. The molecular weight excluding hydrogens is 238 g/mol. The number of allylic oxidation sites excluding steroid dienone is 1. The molecule has 2 aliphatic carbocycles. The fourth-order valence-electron chi connectivity index (χ4n) is 2.51. The minimum Gasteiger partial charge on any atom is -0.466 e. The molecule has 2 rings (SSSR count). The number of fused-ring (bicyclic) bond motifs is 2. The lowest BCUT2D eigenvalue weighted by Gasteiger charge is -2.20. The van der Waals surface area contributed by atoms with E-state index in [9.17, 15) is 9.59 Å². The van der Waals surface area contributed by atoms with Crippen molar-refractivity contribution in [2.45, 2.75) is 12.0 Å². The molecule has 0 heterocycles. The summed E-state index contributed by atoms with van der Waals surface area (Å²) in [5, 5.41) is 3.66. The molecule has 18 heavy (non-hydrogen) atoms. The monoisotopic (exact) mass is 249 g/mol. The Morgan fingerprint density at radius 3 is 2.67 bits per heavy atom. The fraction of sp³-hybridized carbons (Fsp3) is 0.455. The number of hydrogen-bond donors (Lipinski definition) is 0. The van der Waals surface area contributed by atoms with E-state index in [4.69, 9.17) is 5.53 Å². The van der Waals surface area contributed by atoms with E-state index < -0.39 is 17.5 Å². The van der Waals surface area contributed by atoms with Crippen LogP contribution in [0.1, 0.15) is 6.42 Å². The highest BCUT2D eigenvalue weighted by Gasteiger charge is 2.52. The molecule has 0 aromatic carbocycles. The van der Waals surface area contributed by atoms with Crippen LogP contribution in [0.4, 0.5) is 0 Å². The fourth-order valence-corrected chi connectivity index (χ4v) is 2.51. The third kappa shape index (κ3) is 1.48. The normalized spacial score (nSPS) is 28.0. The first kappa shape index (κ1) is 12.2. The lowest BCUT2D eigenvalue weighted by Crippen LogP contribution is -2.28. The van der Waals surface area contributed by atoms with Crippen molar-refractivity contribution in [2.75, 3.05) is 14.2 Å². The molecule has 0 fully saturated rings. The van der Waals surface area contributed by atoms with Crippen molar-refractivity contribution in [2.24, 2.45) is 11.0 Å². The highest BCUT2D eigenvalue weighted by molar-refractivity contribution is 6.05. The molecule has 0 saturated heterocycles. The Bertz CT molecular complexity index is 530. The van der Waals surface area contributed by atoms with Crippen molar-refractivity contribution in [1.29, 1.82) is 0 Å². The zero-order chi connectivity index (χ0) is 13.3. The van der Waals surface area contributed by atoms with Crippen LogP contribution in [0.2, 0.25) is 0 Å². The minimum atomic E-state index is -1.12. The maximum atomic E-state index is 11.8. The van der Waals surface area contributed by atoms with Gasteiger partial charge in [0.05, 0.1) is 25.4 Å². The van der Waals surface area contributed by atoms with Gasteiger partial charge in [0, 0.05) is 10.8 Å². The number of ether oxygens (including phenoxy) is 2. The first-order valence-corrected chi connectivity index (χ1v) is 5.26. The number of rotatable bonds is 3. The van der Waals surface area contributed by atoms with Crippen LogP contribution < -0.4 is 0 Å². The second kappa shape index (κ2) is 4.19. The molecule has 0 saturated carbocycles. The number of carbonyl (C=O) groups is 2. The van der Waals surface area contributed by atoms with E-state index in [1.807, 2.05) is 0 Å². The van der Waals surface area contributed by atoms with E-state index in [0.29, 0.717) is 6.42 Å². The smallest absolute Gasteiger partial charge is 0.335 e. The van der Waals surface area contributed by atoms with E-state index in [-0.39, 0.29) is 17.1 Å². The Labute approximate surface area is 103 Å². The van der Waals surface area contributed by atoms with Crippen LogP contribution in [0.15, 0.2) is 28.4 Å². The number of azide groups is 1. The second-order valence-electron chi connectivity index (χ2n) is 4.06. The van der Waals surface area contributed by atoms with Gasteiger partial charge in [0.2, 0.25) is 0 Å². The molecular formula is C11H11N3O4. The maximum Gasteiger partial charge on any atom is 0.335 e. The van der Waals surface area contributed by atoms with Gasteiger partial charge in [-0.3, -0.25) is 0 Å². The Balaban J connectivity index is 2.60. The molecule has 2 atom stereocenters. The molecule has 2 unspecified atom stereocenters. The Hall–Kier alpha value is -2.27. The van der Waals surface area contributed by atoms with Gasteiger partial charge in [0.25, 0.3) is 0 Å². The number of hydrogen-bond acceptors (Lipinski definition) is 5. The average molecular weight is 249 g/mol. The van der Waals surface area contributed by atoms with E-state index in [1.54, 1.807) is 12.2 Å². The van der Waals surface area contributed by atoms with Crippen molar-refractivity contribution in [3.05, 3.63) is 33.7 Å². The van der Waals surface area contributed by atoms with Crippen LogP contribution in [0.25, 0.3) is 10.4 Å². The summed E-state index contributed by atoms with van der Waals surface area (Å²) in [6.45, 7) is 0. The SMILES string of the molecule is COC(=O)C1=C(C(=O)OC)C2(N=[N+]=[N-])C=CC1C2. The molecule has 0 aromatic rings. The van der Waals surface area contributed by atoms with Gasteiger partial charge in [0.1, 0.15) is 5.54 Å². The van der Waals surface area contributed by atoms with Gasteiger partial charge >= 0.3 is 11.9 Å². The molecule has 7 nitrogen and oxygen atoms in total. The van der Waals surface area contributed by atoms with Crippen LogP contribution in [0.3, 0.4) is 0 Å². The van der Waals surface area contributed by atoms with Crippen LogP contribution in [0.5, 0.6) is 0 Å². The van der Waals surface area contributed by atoms with Gasteiger partial charge in [-0.05, 0) is 12.0 Å². The maximum absolute atomic E-state index is 11.8. The van der Waals surface area contributed by atoms with Crippen molar-refractivity contribution in [3.8, 4) is 0 Å². The lowest BCUT2D eigenvalue weighted by atomic mass is 9.91. The molecule has 0 aromatic heterocycles. The number of nitrogens with zero attached hydrogens (tertiary/aromatic N) is 3. The third-order valence-electron chi connectivity index (χ3n) is 3.23. The summed E-state index contributed by atoms with van der Waals surface area (Å²) in [6, 6.07) is 0. The Morgan fingerprint density at radius 1 is 1.44 bits per heavy atom. The minimum absolute atomic E-state index is 0.0853. The molecule has 0 aliphatic heterocycles. The van der Waals surface area contributed by atoms with Gasteiger partial charge in [-0.25, -0.2) is 9.59 Å². The average Bonchev–Trinajstić information content (AvgIpc) is 2.92. The first-order valence-electron chi connectivity index (χ1n) is 5.26. The van der Waals surface area contributed by atoms with E-state index in [0.717, 1.165) is 0 Å². The summed E-state index contributed by atoms with van der Waals surface area (Å²) >= 11 is 0. The zero-order valence-electron chi connectivity index (χ0n) is 9.91. The topological polar surface area (TPSA) is 101 Å². The lowest BCUT2D eigenvalue weighted by molar-refractivity contribution is -0.139. The Kier molecular flexibility index (Phi) is 2.84. The summed E-state index contributed by atoms with van der Waals surface area (Å²) in [6.07, 6.45) is 3.75. The van der Waals surface area contributed by atoms with Gasteiger partial charge in [-0.15, -0.1) is 0 Å². The highest BCUT2D eigenvalue weighted by Crippen LogP contribution is 2.50. The van der Waals surface area contributed by atoms with Gasteiger partial charge < -0.3 is 9.47 Å². The highest BCUT2D eigenvalue weighted by atomic mass is 16.5. The third-order valence-corrected chi connectivity index (χ3v) is 3.23. The zero-order valence-corrected chi connectivity index (χ0v) is 9.91. The summed E-state index contributed by atoms with van der Waals surface area (Å²) in [5.74, 6) is -1.54. The standard InChI is InChI=1S/C11H11N3O4/c1-17-9(15)7-6-3-4-11(5-6,13-14-12)8(7)10(16)18-2/h3-4,6H,5H2,1-2H3. The summed E-state index contributed by atoms with van der Waals surface area (Å²) in [7, 11) is 2.45. The van der Waals surface area contributed by atoms with Crippen LogP contribution in [-0.2, 0) is 19.1 Å². The van der Waals surface area contributed by atoms with Gasteiger partial charge in [-0.2, -0.15) is 0 Å². The van der Waals surface area contributed by atoms with Crippen molar-refractivity contribution >= 4 is 11.9 Å². The molecule has 0 amide bonds. The predicted octanol–water partition coefficient (Wildman–Crippen LogP) is 1.27. The molecule has 2 bridgehead atoms.